The fourth-order valence-corrected chi connectivity index (χ4v) is 3.13. The number of nitrogen functional groups attached to an aromatic ring is 1. The molecule has 0 saturated carbocycles. The Kier molecular flexibility index (Phi) is 3.67. The Morgan fingerprint density at radius 1 is 1.33 bits per heavy atom. The van der Waals surface area contributed by atoms with E-state index in [9.17, 15) is 4.79 Å². The zero-order chi connectivity index (χ0) is 13.1. The van der Waals surface area contributed by atoms with Crippen LogP contribution in [0, 0.1) is 0 Å². The summed E-state index contributed by atoms with van der Waals surface area (Å²) in [4.78, 5) is 13.2. The van der Waals surface area contributed by atoms with Crippen LogP contribution in [-0.4, -0.2) is 13.1 Å². The molecule has 0 bridgehead atoms. The van der Waals surface area contributed by atoms with Crippen molar-refractivity contribution in [2.75, 3.05) is 12.8 Å². The second-order valence-electron chi connectivity index (χ2n) is 3.86. The molecule has 1 aromatic carbocycles. The standard InChI is InChI=1S/C14H15NO2S/c1-3-10-11(15)13(14(16)17-2)18-12(10)9-7-5-4-6-8-9/h4-8H,3,15H2,1-2H3. The molecule has 0 unspecified atom stereocenters. The highest BCUT2D eigenvalue weighted by Gasteiger charge is 2.20. The molecule has 2 rings (SSSR count). The second kappa shape index (κ2) is 5.23. The number of benzene rings is 1. The molecule has 3 nitrogen and oxygen atoms in total. The molecule has 18 heavy (non-hydrogen) atoms. The van der Waals surface area contributed by atoms with Gasteiger partial charge in [-0.05, 0) is 17.5 Å². The van der Waals surface area contributed by atoms with Crippen LogP contribution in [0.3, 0.4) is 0 Å². The Morgan fingerprint density at radius 2 is 2.00 bits per heavy atom. The van der Waals surface area contributed by atoms with Crippen molar-refractivity contribution in [3.05, 3.63) is 40.8 Å². The minimum Gasteiger partial charge on any atom is -0.465 e. The van der Waals surface area contributed by atoms with E-state index in [-0.39, 0.29) is 5.97 Å². The summed E-state index contributed by atoms with van der Waals surface area (Å²) in [5.74, 6) is -0.366. The SMILES string of the molecule is CCc1c(-c2ccccc2)sc(C(=O)OC)c1N. The van der Waals surface area contributed by atoms with Crippen molar-refractivity contribution in [3.8, 4) is 10.4 Å². The van der Waals surface area contributed by atoms with Gasteiger partial charge in [0.25, 0.3) is 0 Å². The van der Waals surface area contributed by atoms with Gasteiger partial charge in [0.05, 0.1) is 12.8 Å². The number of hydrogen-bond acceptors (Lipinski definition) is 4. The van der Waals surface area contributed by atoms with E-state index < -0.39 is 0 Å². The van der Waals surface area contributed by atoms with E-state index in [1.165, 1.54) is 18.4 Å². The number of thiophene rings is 1. The number of esters is 1. The van der Waals surface area contributed by atoms with Gasteiger partial charge in [-0.25, -0.2) is 4.79 Å². The maximum atomic E-state index is 11.7. The fourth-order valence-electron chi connectivity index (χ4n) is 1.90. The molecule has 2 N–H and O–H groups in total. The lowest BCUT2D eigenvalue weighted by molar-refractivity contribution is 0.0607. The van der Waals surface area contributed by atoms with Crippen molar-refractivity contribution >= 4 is 23.0 Å². The molecule has 0 fully saturated rings. The maximum absolute atomic E-state index is 11.7. The number of carbonyl (C=O) groups excluding carboxylic acids is 1. The molecule has 4 heteroatoms. The third-order valence-electron chi connectivity index (χ3n) is 2.81. The van der Waals surface area contributed by atoms with Gasteiger partial charge in [0.1, 0.15) is 4.88 Å². The first-order valence-corrected chi connectivity index (χ1v) is 6.55. The summed E-state index contributed by atoms with van der Waals surface area (Å²) >= 11 is 1.40. The lowest BCUT2D eigenvalue weighted by Gasteiger charge is -2.02. The third kappa shape index (κ3) is 2.11. The lowest BCUT2D eigenvalue weighted by Crippen LogP contribution is -2.02. The summed E-state index contributed by atoms with van der Waals surface area (Å²) in [7, 11) is 1.37. The molecule has 0 aliphatic carbocycles. The molecule has 94 valence electrons. The van der Waals surface area contributed by atoms with Crippen molar-refractivity contribution in [1.29, 1.82) is 0 Å². The summed E-state index contributed by atoms with van der Waals surface area (Å²) in [6, 6.07) is 9.95. The smallest absolute Gasteiger partial charge is 0.350 e. The summed E-state index contributed by atoms with van der Waals surface area (Å²) in [5.41, 5.74) is 8.69. The largest absolute Gasteiger partial charge is 0.465 e. The molecule has 1 aromatic heterocycles. The van der Waals surface area contributed by atoms with Crippen LogP contribution in [0.2, 0.25) is 0 Å². The minimum atomic E-state index is -0.366. The van der Waals surface area contributed by atoms with Crippen molar-refractivity contribution in [1.82, 2.24) is 0 Å². The Morgan fingerprint density at radius 3 is 2.56 bits per heavy atom. The van der Waals surface area contributed by atoms with Crippen LogP contribution >= 0.6 is 11.3 Å². The predicted octanol–water partition coefficient (Wildman–Crippen LogP) is 3.35. The van der Waals surface area contributed by atoms with Crippen LogP contribution in [0.4, 0.5) is 5.69 Å². The van der Waals surface area contributed by atoms with Gasteiger partial charge in [-0.3, -0.25) is 0 Å². The Bertz CT molecular complexity index is 561. The number of nitrogens with two attached hydrogens (primary N) is 1. The molecule has 2 aromatic rings. The van der Waals surface area contributed by atoms with E-state index in [2.05, 4.69) is 0 Å². The average Bonchev–Trinajstić information content (AvgIpc) is 2.76. The highest BCUT2D eigenvalue weighted by atomic mass is 32.1. The first kappa shape index (κ1) is 12.6. The molecule has 0 amide bonds. The first-order valence-electron chi connectivity index (χ1n) is 5.73. The number of ether oxygens (including phenoxy) is 1. The summed E-state index contributed by atoms with van der Waals surface area (Å²) in [5, 5.41) is 0. The summed E-state index contributed by atoms with van der Waals surface area (Å²) in [6.45, 7) is 2.03. The van der Waals surface area contributed by atoms with Gasteiger partial charge in [0.2, 0.25) is 0 Å². The first-order chi connectivity index (χ1) is 8.69. The molecular weight excluding hydrogens is 246 g/mol. The van der Waals surface area contributed by atoms with Crippen molar-refractivity contribution in [3.63, 3.8) is 0 Å². The Labute approximate surface area is 110 Å². The van der Waals surface area contributed by atoms with E-state index in [1.807, 2.05) is 37.3 Å². The van der Waals surface area contributed by atoms with Gasteiger partial charge < -0.3 is 10.5 Å². The zero-order valence-electron chi connectivity index (χ0n) is 10.4. The fraction of sp³-hybridized carbons (Fsp3) is 0.214. The van der Waals surface area contributed by atoms with Crippen molar-refractivity contribution in [2.45, 2.75) is 13.3 Å². The van der Waals surface area contributed by atoms with Crippen LogP contribution in [-0.2, 0) is 11.2 Å². The normalized spacial score (nSPS) is 10.3. The van der Waals surface area contributed by atoms with Crippen LogP contribution in [0.25, 0.3) is 10.4 Å². The van der Waals surface area contributed by atoms with Crippen LogP contribution in [0.15, 0.2) is 30.3 Å². The van der Waals surface area contributed by atoms with E-state index in [0.29, 0.717) is 10.6 Å². The Balaban J connectivity index is 2.58. The molecule has 1 heterocycles. The number of carbonyl (C=O) groups is 1. The topological polar surface area (TPSA) is 52.3 Å². The molecule has 0 aliphatic heterocycles. The molecule has 0 spiro atoms. The molecule has 0 saturated heterocycles. The molecule has 0 atom stereocenters. The number of rotatable bonds is 3. The highest BCUT2D eigenvalue weighted by molar-refractivity contribution is 7.18. The van der Waals surface area contributed by atoms with Gasteiger partial charge in [-0.15, -0.1) is 11.3 Å². The van der Waals surface area contributed by atoms with Gasteiger partial charge in [-0.1, -0.05) is 37.3 Å². The summed E-state index contributed by atoms with van der Waals surface area (Å²) < 4.78 is 4.76. The zero-order valence-corrected chi connectivity index (χ0v) is 11.2. The van der Waals surface area contributed by atoms with E-state index >= 15 is 0 Å². The highest BCUT2D eigenvalue weighted by Crippen LogP contribution is 2.39. The van der Waals surface area contributed by atoms with Crippen LogP contribution in [0.1, 0.15) is 22.2 Å². The molecular formula is C14H15NO2S. The van der Waals surface area contributed by atoms with Crippen molar-refractivity contribution < 1.29 is 9.53 Å². The van der Waals surface area contributed by atoms with Crippen LogP contribution < -0.4 is 5.73 Å². The average molecular weight is 261 g/mol. The van der Waals surface area contributed by atoms with Gasteiger partial charge >= 0.3 is 5.97 Å². The second-order valence-corrected chi connectivity index (χ2v) is 4.88. The van der Waals surface area contributed by atoms with Gasteiger partial charge in [0.15, 0.2) is 0 Å². The van der Waals surface area contributed by atoms with Crippen LogP contribution in [0.5, 0.6) is 0 Å². The monoisotopic (exact) mass is 261 g/mol. The Hall–Kier alpha value is -1.81. The van der Waals surface area contributed by atoms with E-state index in [4.69, 9.17) is 10.5 Å². The van der Waals surface area contributed by atoms with Gasteiger partial charge in [-0.2, -0.15) is 0 Å². The minimum absolute atomic E-state index is 0.366. The number of methoxy groups -OCH3 is 1. The number of anilines is 1. The summed E-state index contributed by atoms with van der Waals surface area (Å²) in [6.07, 6.45) is 0.795. The van der Waals surface area contributed by atoms with Crippen molar-refractivity contribution in [2.24, 2.45) is 0 Å². The van der Waals surface area contributed by atoms with E-state index in [1.54, 1.807) is 0 Å². The molecule has 0 aliphatic rings. The number of hydrogen-bond donors (Lipinski definition) is 1. The van der Waals surface area contributed by atoms with E-state index in [0.717, 1.165) is 22.4 Å². The predicted molar refractivity (Wildman–Crippen MR) is 74.9 cm³/mol. The lowest BCUT2D eigenvalue weighted by atomic mass is 10.1. The molecule has 0 radical (unpaired) electrons. The quantitative estimate of drug-likeness (QED) is 0.862. The third-order valence-corrected chi connectivity index (χ3v) is 4.09. The maximum Gasteiger partial charge on any atom is 0.350 e. The van der Waals surface area contributed by atoms with Gasteiger partial charge in [0, 0.05) is 4.88 Å².